The minimum Gasteiger partial charge on any atom is -0.207 e. The van der Waals surface area contributed by atoms with Crippen molar-refractivity contribution in [2.75, 3.05) is 0 Å². The van der Waals surface area contributed by atoms with Gasteiger partial charge in [-0.1, -0.05) is 34.1 Å². The highest BCUT2D eigenvalue weighted by atomic mass is 79.9. The number of rotatable bonds is 2. The summed E-state index contributed by atoms with van der Waals surface area (Å²) in [6, 6.07) is 11.1. The zero-order valence-electron chi connectivity index (χ0n) is 10.7. The van der Waals surface area contributed by atoms with Gasteiger partial charge in [-0.25, -0.2) is 4.39 Å². The van der Waals surface area contributed by atoms with Crippen molar-refractivity contribution in [1.82, 2.24) is 0 Å². The molecule has 1 heterocycles. The average Bonchev–Trinajstić information content (AvgIpc) is 2.86. The molecule has 20 heavy (non-hydrogen) atoms. The second-order valence-corrected chi connectivity index (χ2v) is 7.32. The van der Waals surface area contributed by atoms with Crippen LogP contribution in [0.5, 0.6) is 0 Å². The molecule has 1 aromatic heterocycles. The molecule has 1 atom stereocenters. The number of aryl methyl sites for hydroxylation is 1. The molecule has 0 radical (unpaired) electrons. The lowest BCUT2D eigenvalue weighted by Crippen LogP contribution is -1.96. The normalized spacial score (nSPS) is 12.8. The van der Waals surface area contributed by atoms with Crippen molar-refractivity contribution >= 4 is 53.3 Å². The number of benzene rings is 2. The maximum Gasteiger partial charge on any atom is 0.123 e. The Hall–Kier alpha value is -0.710. The van der Waals surface area contributed by atoms with Crippen LogP contribution in [0.2, 0.25) is 0 Å². The lowest BCUT2D eigenvalue weighted by Gasteiger charge is -2.13. The van der Waals surface area contributed by atoms with Crippen molar-refractivity contribution < 1.29 is 4.39 Å². The first-order valence-electron chi connectivity index (χ1n) is 6.13. The summed E-state index contributed by atoms with van der Waals surface area (Å²) in [5.74, 6) is -0.198. The Balaban J connectivity index is 2.15. The first-order valence-corrected chi connectivity index (χ1v) is 8.72. The van der Waals surface area contributed by atoms with Gasteiger partial charge in [-0.05, 0) is 68.5 Å². The summed E-state index contributed by atoms with van der Waals surface area (Å²) < 4.78 is 15.8. The lowest BCUT2D eigenvalue weighted by molar-refractivity contribution is 0.625. The van der Waals surface area contributed by atoms with Gasteiger partial charge in [-0.3, -0.25) is 0 Å². The van der Waals surface area contributed by atoms with Crippen LogP contribution in [0, 0.1) is 12.7 Å². The standard InChI is InChI=1S/C16H11Br2FS/c1-9-5-6-10(19)7-12(9)15(18)13-8-20-16-11(13)3-2-4-14(16)17/h2-8,15H,1H3. The Labute approximate surface area is 137 Å². The Morgan fingerprint density at radius 2 is 1.95 bits per heavy atom. The minimum absolute atomic E-state index is 0.00116. The predicted molar refractivity (Wildman–Crippen MR) is 91.4 cm³/mol. The van der Waals surface area contributed by atoms with E-state index in [0.29, 0.717) is 0 Å². The zero-order valence-corrected chi connectivity index (χ0v) is 14.6. The molecule has 0 fully saturated rings. The summed E-state index contributed by atoms with van der Waals surface area (Å²) >= 11 is 9.01. The molecule has 0 aliphatic carbocycles. The Morgan fingerprint density at radius 3 is 2.75 bits per heavy atom. The van der Waals surface area contributed by atoms with Crippen LogP contribution in [0.1, 0.15) is 21.5 Å². The van der Waals surface area contributed by atoms with E-state index < -0.39 is 0 Å². The fourth-order valence-corrected chi connectivity index (χ4v) is 4.98. The fraction of sp³-hybridized carbons (Fsp3) is 0.125. The first-order chi connectivity index (χ1) is 9.58. The van der Waals surface area contributed by atoms with Crippen molar-refractivity contribution in [2.24, 2.45) is 0 Å². The van der Waals surface area contributed by atoms with E-state index in [1.807, 2.05) is 25.1 Å². The number of halogens is 3. The highest BCUT2D eigenvalue weighted by molar-refractivity contribution is 9.10. The number of fused-ring (bicyclic) bond motifs is 1. The molecule has 0 bridgehead atoms. The number of thiophene rings is 1. The van der Waals surface area contributed by atoms with Gasteiger partial charge in [0.2, 0.25) is 0 Å². The van der Waals surface area contributed by atoms with Crippen LogP contribution in [0.15, 0.2) is 46.3 Å². The van der Waals surface area contributed by atoms with Crippen LogP contribution in [0.25, 0.3) is 10.1 Å². The second kappa shape index (κ2) is 5.58. The minimum atomic E-state index is -0.198. The molecule has 0 saturated carbocycles. The third-order valence-electron chi connectivity index (χ3n) is 3.37. The van der Waals surface area contributed by atoms with E-state index in [4.69, 9.17) is 0 Å². The molecule has 102 valence electrons. The van der Waals surface area contributed by atoms with Crippen molar-refractivity contribution in [3.05, 3.63) is 68.8 Å². The Kier molecular flexibility index (Phi) is 3.98. The summed E-state index contributed by atoms with van der Waals surface area (Å²) in [4.78, 5) is 0.00116. The maximum absolute atomic E-state index is 13.5. The summed E-state index contributed by atoms with van der Waals surface area (Å²) in [7, 11) is 0. The van der Waals surface area contributed by atoms with Crippen LogP contribution >= 0.6 is 43.2 Å². The number of hydrogen-bond acceptors (Lipinski definition) is 1. The SMILES string of the molecule is Cc1ccc(F)cc1C(Br)c1csc2c(Br)cccc12. The molecule has 1 unspecified atom stereocenters. The first kappa shape index (κ1) is 14.2. The molecule has 0 aliphatic heterocycles. The maximum atomic E-state index is 13.5. The quantitative estimate of drug-likeness (QED) is 0.415. The zero-order chi connectivity index (χ0) is 14.3. The van der Waals surface area contributed by atoms with Gasteiger partial charge in [0.15, 0.2) is 0 Å². The van der Waals surface area contributed by atoms with Gasteiger partial charge < -0.3 is 0 Å². The van der Waals surface area contributed by atoms with E-state index in [1.54, 1.807) is 17.4 Å². The van der Waals surface area contributed by atoms with Crippen LogP contribution in [-0.4, -0.2) is 0 Å². The van der Waals surface area contributed by atoms with Crippen LogP contribution in [-0.2, 0) is 0 Å². The molecule has 0 saturated heterocycles. The third-order valence-corrected chi connectivity index (χ3v) is 6.33. The van der Waals surface area contributed by atoms with E-state index in [0.717, 1.165) is 15.6 Å². The molecule has 0 N–H and O–H groups in total. The monoisotopic (exact) mass is 412 g/mol. The van der Waals surface area contributed by atoms with Crippen molar-refractivity contribution in [2.45, 2.75) is 11.8 Å². The lowest BCUT2D eigenvalue weighted by atomic mass is 10.00. The molecular weight excluding hydrogens is 403 g/mol. The Morgan fingerprint density at radius 1 is 1.15 bits per heavy atom. The van der Waals surface area contributed by atoms with Gasteiger partial charge >= 0.3 is 0 Å². The number of alkyl halides is 1. The van der Waals surface area contributed by atoms with Crippen molar-refractivity contribution in [1.29, 1.82) is 0 Å². The van der Waals surface area contributed by atoms with Gasteiger partial charge in [-0.2, -0.15) is 0 Å². The summed E-state index contributed by atoms with van der Waals surface area (Å²) in [5, 5.41) is 3.34. The highest BCUT2D eigenvalue weighted by Crippen LogP contribution is 2.41. The molecule has 0 aliphatic rings. The average molecular weight is 414 g/mol. The number of hydrogen-bond donors (Lipinski definition) is 0. The molecular formula is C16H11Br2FS. The van der Waals surface area contributed by atoms with Gasteiger partial charge in [0.25, 0.3) is 0 Å². The summed E-state index contributed by atoms with van der Waals surface area (Å²) in [5.41, 5.74) is 3.24. The van der Waals surface area contributed by atoms with Gasteiger partial charge in [0.1, 0.15) is 5.82 Å². The second-order valence-electron chi connectivity index (χ2n) is 4.67. The van der Waals surface area contributed by atoms with Crippen molar-refractivity contribution in [3.63, 3.8) is 0 Å². The van der Waals surface area contributed by atoms with E-state index >= 15 is 0 Å². The smallest absolute Gasteiger partial charge is 0.123 e. The Bertz CT molecular complexity index is 779. The van der Waals surface area contributed by atoms with Crippen LogP contribution in [0.4, 0.5) is 4.39 Å². The van der Waals surface area contributed by atoms with Gasteiger partial charge in [0, 0.05) is 9.17 Å². The third kappa shape index (κ3) is 2.45. The summed E-state index contributed by atoms with van der Waals surface area (Å²) in [6.45, 7) is 2.01. The van der Waals surface area contributed by atoms with Gasteiger partial charge in [0.05, 0.1) is 4.83 Å². The largest absolute Gasteiger partial charge is 0.207 e. The highest BCUT2D eigenvalue weighted by Gasteiger charge is 2.18. The molecule has 4 heteroatoms. The molecule has 0 spiro atoms. The molecule has 3 rings (SSSR count). The summed E-state index contributed by atoms with van der Waals surface area (Å²) in [6.07, 6.45) is 0. The van der Waals surface area contributed by atoms with Gasteiger partial charge in [-0.15, -0.1) is 11.3 Å². The molecule has 0 amide bonds. The predicted octanol–water partition coefficient (Wildman–Crippen LogP) is 6.60. The topological polar surface area (TPSA) is 0 Å². The molecule has 0 nitrogen and oxygen atoms in total. The fourth-order valence-electron chi connectivity index (χ4n) is 2.29. The van der Waals surface area contributed by atoms with E-state index in [9.17, 15) is 4.39 Å². The van der Waals surface area contributed by atoms with Crippen LogP contribution < -0.4 is 0 Å². The van der Waals surface area contributed by atoms with E-state index in [-0.39, 0.29) is 10.6 Å². The molecule has 2 aromatic carbocycles. The van der Waals surface area contributed by atoms with Crippen molar-refractivity contribution in [3.8, 4) is 0 Å². The van der Waals surface area contributed by atoms with E-state index in [1.165, 1.54) is 21.7 Å². The molecule has 3 aromatic rings. The van der Waals surface area contributed by atoms with E-state index in [2.05, 4.69) is 43.3 Å². The van der Waals surface area contributed by atoms with Crippen LogP contribution in [0.3, 0.4) is 0 Å².